The van der Waals surface area contributed by atoms with Crippen molar-refractivity contribution >= 4 is 40.7 Å². The van der Waals surface area contributed by atoms with Crippen LogP contribution in [0.1, 0.15) is 16.1 Å². The van der Waals surface area contributed by atoms with E-state index in [-0.39, 0.29) is 17.0 Å². The van der Waals surface area contributed by atoms with Crippen LogP contribution >= 0.6 is 23.2 Å². The molecule has 0 aliphatic carbocycles. The highest BCUT2D eigenvalue weighted by molar-refractivity contribution is 6.39. The number of nitro benzene ring substituents is 1. The van der Waals surface area contributed by atoms with Crippen molar-refractivity contribution in [3.63, 3.8) is 0 Å². The molecular formula is C19H11Cl2NO4. The molecule has 1 aromatic heterocycles. The fourth-order valence-electron chi connectivity index (χ4n) is 2.34. The number of non-ortho nitro benzene ring substituents is 1. The third-order valence-corrected chi connectivity index (χ3v) is 4.21. The molecule has 0 atom stereocenters. The molecule has 0 N–H and O–H groups in total. The molecule has 1 heterocycles. The van der Waals surface area contributed by atoms with Crippen LogP contribution in [0.5, 0.6) is 0 Å². The van der Waals surface area contributed by atoms with Gasteiger partial charge in [-0.15, -0.1) is 0 Å². The molecule has 2 aromatic carbocycles. The van der Waals surface area contributed by atoms with Crippen LogP contribution in [0, 0.1) is 10.1 Å². The summed E-state index contributed by atoms with van der Waals surface area (Å²) < 4.78 is 5.66. The maximum atomic E-state index is 12.2. The third kappa shape index (κ3) is 3.85. The van der Waals surface area contributed by atoms with E-state index in [4.69, 9.17) is 27.6 Å². The van der Waals surface area contributed by atoms with Gasteiger partial charge in [-0.2, -0.15) is 0 Å². The number of halogens is 2. The Morgan fingerprint density at radius 2 is 1.73 bits per heavy atom. The maximum absolute atomic E-state index is 12.2. The lowest BCUT2D eigenvalue weighted by Gasteiger charge is -2.02. The lowest BCUT2D eigenvalue weighted by atomic mass is 10.1. The van der Waals surface area contributed by atoms with E-state index in [0.717, 1.165) is 0 Å². The molecule has 0 saturated heterocycles. The van der Waals surface area contributed by atoms with Crippen molar-refractivity contribution < 1.29 is 14.1 Å². The molecular weight excluding hydrogens is 377 g/mol. The molecule has 0 aliphatic rings. The van der Waals surface area contributed by atoms with Gasteiger partial charge in [-0.1, -0.05) is 41.4 Å². The molecule has 0 radical (unpaired) electrons. The highest BCUT2D eigenvalue weighted by Gasteiger charge is 2.12. The minimum Gasteiger partial charge on any atom is -0.457 e. The van der Waals surface area contributed by atoms with Gasteiger partial charge in [0.05, 0.1) is 20.5 Å². The van der Waals surface area contributed by atoms with Gasteiger partial charge in [0.1, 0.15) is 11.5 Å². The number of carbonyl (C=O) groups excluding carboxylic acids is 1. The van der Waals surface area contributed by atoms with Crippen molar-refractivity contribution in [1.29, 1.82) is 0 Å². The van der Waals surface area contributed by atoms with Gasteiger partial charge < -0.3 is 4.42 Å². The molecule has 0 bridgehead atoms. The van der Waals surface area contributed by atoms with Crippen LogP contribution in [-0.4, -0.2) is 10.7 Å². The van der Waals surface area contributed by atoms with Gasteiger partial charge >= 0.3 is 0 Å². The van der Waals surface area contributed by atoms with Crippen molar-refractivity contribution in [3.05, 3.63) is 92.2 Å². The van der Waals surface area contributed by atoms with Gasteiger partial charge in [0.15, 0.2) is 5.78 Å². The van der Waals surface area contributed by atoms with Gasteiger partial charge in [0, 0.05) is 17.7 Å². The Hall–Kier alpha value is -2.89. The lowest BCUT2D eigenvalue weighted by Crippen LogP contribution is -1.96. The SMILES string of the molecule is O=C(/C=C/c1ccc(-c2c(Cl)cccc2Cl)o1)c1cccc([N+](=O)[O-])c1. The number of nitrogens with zero attached hydrogens (tertiary/aromatic N) is 1. The lowest BCUT2D eigenvalue weighted by molar-refractivity contribution is -0.384. The van der Waals surface area contributed by atoms with Crippen LogP contribution in [0.15, 0.2) is 65.1 Å². The predicted molar refractivity (Wildman–Crippen MR) is 101 cm³/mol. The Morgan fingerprint density at radius 3 is 2.42 bits per heavy atom. The number of benzene rings is 2. The van der Waals surface area contributed by atoms with Crippen LogP contribution in [-0.2, 0) is 0 Å². The van der Waals surface area contributed by atoms with Crippen molar-refractivity contribution in [3.8, 4) is 11.3 Å². The zero-order chi connectivity index (χ0) is 18.7. The number of carbonyl (C=O) groups is 1. The van der Waals surface area contributed by atoms with E-state index in [0.29, 0.717) is 27.1 Å². The Morgan fingerprint density at radius 1 is 1.04 bits per heavy atom. The Bertz CT molecular complexity index is 1000. The highest BCUT2D eigenvalue weighted by Crippen LogP contribution is 2.35. The summed E-state index contributed by atoms with van der Waals surface area (Å²) in [4.78, 5) is 22.4. The summed E-state index contributed by atoms with van der Waals surface area (Å²) in [5.74, 6) is 0.528. The monoisotopic (exact) mass is 387 g/mol. The minimum absolute atomic E-state index is 0.141. The first-order chi connectivity index (χ1) is 12.5. The van der Waals surface area contributed by atoms with E-state index < -0.39 is 4.92 Å². The molecule has 0 saturated carbocycles. The summed E-state index contributed by atoms with van der Waals surface area (Å²) in [7, 11) is 0. The summed E-state index contributed by atoms with van der Waals surface area (Å²) in [5, 5.41) is 11.7. The molecule has 5 nitrogen and oxygen atoms in total. The second kappa shape index (κ2) is 7.56. The average molecular weight is 388 g/mol. The number of rotatable bonds is 5. The normalized spacial score (nSPS) is 11.0. The molecule has 130 valence electrons. The van der Waals surface area contributed by atoms with Crippen LogP contribution in [0.2, 0.25) is 10.0 Å². The van der Waals surface area contributed by atoms with Crippen LogP contribution in [0.4, 0.5) is 5.69 Å². The summed E-state index contributed by atoms with van der Waals surface area (Å²) in [5.41, 5.74) is 0.648. The molecule has 0 spiro atoms. The smallest absolute Gasteiger partial charge is 0.270 e. The molecule has 0 amide bonds. The number of nitro groups is 1. The summed E-state index contributed by atoms with van der Waals surface area (Å²) in [6.45, 7) is 0. The highest BCUT2D eigenvalue weighted by atomic mass is 35.5. The van der Waals surface area contributed by atoms with Gasteiger partial charge in [0.25, 0.3) is 5.69 Å². The molecule has 26 heavy (non-hydrogen) atoms. The number of ketones is 1. The van der Waals surface area contributed by atoms with E-state index in [9.17, 15) is 14.9 Å². The summed E-state index contributed by atoms with van der Waals surface area (Å²) in [6, 6.07) is 14.0. The van der Waals surface area contributed by atoms with Crippen LogP contribution < -0.4 is 0 Å². The third-order valence-electron chi connectivity index (χ3n) is 3.58. The van der Waals surface area contributed by atoms with Crippen LogP contribution in [0.25, 0.3) is 17.4 Å². The summed E-state index contributed by atoms with van der Waals surface area (Å²) >= 11 is 12.3. The Kier molecular flexibility index (Phi) is 5.21. The van der Waals surface area contributed by atoms with Gasteiger partial charge in [0.2, 0.25) is 0 Å². The number of furan rings is 1. The number of hydrogen-bond donors (Lipinski definition) is 0. The molecule has 3 aromatic rings. The summed E-state index contributed by atoms with van der Waals surface area (Å²) in [6.07, 6.45) is 2.77. The second-order valence-electron chi connectivity index (χ2n) is 5.30. The molecule has 7 heteroatoms. The quantitative estimate of drug-likeness (QED) is 0.231. The van der Waals surface area contributed by atoms with Crippen molar-refractivity contribution in [2.24, 2.45) is 0 Å². The minimum atomic E-state index is -0.549. The predicted octanol–water partition coefficient (Wildman–Crippen LogP) is 6.06. The molecule has 0 fully saturated rings. The topological polar surface area (TPSA) is 73.3 Å². The fourth-order valence-corrected chi connectivity index (χ4v) is 2.92. The van der Waals surface area contributed by atoms with Crippen molar-refractivity contribution in [2.45, 2.75) is 0 Å². The number of hydrogen-bond acceptors (Lipinski definition) is 4. The average Bonchev–Trinajstić information content (AvgIpc) is 3.08. The van der Waals surface area contributed by atoms with Gasteiger partial charge in [-0.25, -0.2) is 0 Å². The van der Waals surface area contributed by atoms with E-state index in [1.807, 2.05) is 0 Å². The fraction of sp³-hybridized carbons (Fsp3) is 0. The molecule has 3 rings (SSSR count). The van der Waals surface area contributed by atoms with E-state index in [1.165, 1.54) is 36.4 Å². The first-order valence-electron chi connectivity index (χ1n) is 7.47. The van der Waals surface area contributed by atoms with E-state index in [2.05, 4.69) is 0 Å². The zero-order valence-corrected chi connectivity index (χ0v) is 14.7. The van der Waals surface area contributed by atoms with Crippen LogP contribution in [0.3, 0.4) is 0 Å². The first kappa shape index (κ1) is 17.9. The second-order valence-corrected chi connectivity index (χ2v) is 6.12. The number of allylic oxidation sites excluding steroid dienone is 1. The largest absolute Gasteiger partial charge is 0.457 e. The maximum Gasteiger partial charge on any atom is 0.270 e. The first-order valence-corrected chi connectivity index (χ1v) is 8.22. The van der Waals surface area contributed by atoms with Crippen molar-refractivity contribution in [2.75, 3.05) is 0 Å². The van der Waals surface area contributed by atoms with Gasteiger partial charge in [-0.3, -0.25) is 14.9 Å². The van der Waals surface area contributed by atoms with E-state index in [1.54, 1.807) is 30.3 Å². The Balaban J connectivity index is 1.82. The Labute approximate surface area is 158 Å². The standard InChI is InChI=1S/C19H11Cl2NO4/c20-15-5-2-6-16(21)19(15)18-10-8-14(26-18)7-9-17(23)12-3-1-4-13(11-12)22(24)25/h1-11H/b9-7+. The van der Waals surface area contributed by atoms with Gasteiger partial charge in [-0.05, 0) is 36.4 Å². The van der Waals surface area contributed by atoms with E-state index >= 15 is 0 Å². The zero-order valence-electron chi connectivity index (χ0n) is 13.2. The van der Waals surface area contributed by atoms with Crippen molar-refractivity contribution in [1.82, 2.24) is 0 Å². The molecule has 0 aliphatic heterocycles. The molecule has 0 unspecified atom stereocenters.